The Morgan fingerprint density at radius 3 is 2.00 bits per heavy atom. The molecule has 0 heterocycles. The van der Waals surface area contributed by atoms with Crippen LogP contribution in [-0.2, 0) is 30.4 Å². The van der Waals surface area contributed by atoms with Crippen LogP contribution in [0.4, 0.5) is 0 Å². The second kappa shape index (κ2) is 14.6. The summed E-state index contributed by atoms with van der Waals surface area (Å²) < 4.78 is 0. The standard InChI is InChI=1S/C23H34N4O9/c1-3-12(2)19(27-20(32)15(24)11-28)22(34)26-17(10-13-4-6-14(29)7-5-13)21(33)25-16(23(35)36)8-9-18(30)31/h4-7,12,15-17,19,28-29H,3,8-11,24H2,1-2H3,(H,25,33)(H,26,34)(H,27,32)(H,30,31)(H,35,36). The Balaban J connectivity index is 3.18. The molecule has 13 nitrogen and oxygen atoms in total. The fraction of sp³-hybridized carbons (Fsp3) is 0.522. The second-order valence-corrected chi connectivity index (χ2v) is 8.42. The third-order valence-electron chi connectivity index (χ3n) is 5.60. The lowest BCUT2D eigenvalue weighted by Crippen LogP contribution is -2.59. The van der Waals surface area contributed by atoms with Gasteiger partial charge in [-0.15, -0.1) is 0 Å². The van der Waals surface area contributed by atoms with Gasteiger partial charge >= 0.3 is 11.9 Å². The van der Waals surface area contributed by atoms with Crippen LogP contribution in [0.2, 0.25) is 0 Å². The van der Waals surface area contributed by atoms with Crippen molar-refractivity contribution >= 4 is 29.7 Å². The van der Waals surface area contributed by atoms with E-state index in [9.17, 15) is 34.2 Å². The number of carbonyl (C=O) groups excluding carboxylic acids is 3. The maximum absolute atomic E-state index is 13.1. The predicted octanol–water partition coefficient (Wildman–Crippen LogP) is -1.30. The summed E-state index contributed by atoms with van der Waals surface area (Å²) in [5.74, 6) is -5.48. The van der Waals surface area contributed by atoms with Crippen molar-refractivity contribution in [1.29, 1.82) is 0 Å². The average Bonchev–Trinajstić information content (AvgIpc) is 2.84. The number of carboxylic acid groups (broad SMARTS) is 2. The number of nitrogens with two attached hydrogens (primary N) is 1. The van der Waals surface area contributed by atoms with Crippen LogP contribution in [0.5, 0.6) is 5.75 Å². The van der Waals surface area contributed by atoms with Gasteiger partial charge in [0.15, 0.2) is 0 Å². The topological polar surface area (TPSA) is 228 Å². The number of aliphatic hydroxyl groups is 1. The van der Waals surface area contributed by atoms with Crippen LogP contribution in [-0.4, -0.2) is 80.9 Å². The highest BCUT2D eigenvalue weighted by molar-refractivity contribution is 5.94. The number of nitrogens with one attached hydrogen (secondary N) is 3. The van der Waals surface area contributed by atoms with Crippen LogP contribution >= 0.6 is 0 Å². The number of phenols is 1. The molecule has 36 heavy (non-hydrogen) atoms. The summed E-state index contributed by atoms with van der Waals surface area (Å²) in [5.41, 5.74) is 6.05. The van der Waals surface area contributed by atoms with Crippen LogP contribution < -0.4 is 21.7 Å². The molecular weight excluding hydrogens is 476 g/mol. The van der Waals surface area contributed by atoms with E-state index in [1.807, 2.05) is 0 Å². The molecule has 0 saturated carbocycles. The van der Waals surface area contributed by atoms with Gasteiger partial charge in [-0.1, -0.05) is 32.4 Å². The van der Waals surface area contributed by atoms with Crippen LogP contribution in [0.25, 0.3) is 0 Å². The number of carboxylic acids is 2. The molecule has 0 spiro atoms. The molecule has 200 valence electrons. The predicted molar refractivity (Wildman–Crippen MR) is 127 cm³/mol. The maximum atomic E-state index is 13.1. The SMILES string of the molecule is CCC(C)C(NC(=O)C(N)CO)C(=O)NC(Cc1ccc(O)cc1)C(=O)NC(CCC(=O)O)C(=O)O. The van der Waals surface area contributed by atoms with Crippen molar-refractivity contribution in [2.75, 3.05) is 6.61 Å². The molecule has 0 aliphatic heterocycles. The maximum Gasteiger partial charge on any atom is 0.326 e. The number of benzene rings is 1. The molecule has 0 aromatic heterocycles. The molecule has 1 aromatic rings. The second-order valence-electron chi connectivity index (χ2n) is 8.42. The van der Waals surface area contributed by atoms with Gasteiger partial charge in [0.2, 0.25) is 17.7 Å². The van der Waals surface area contributed by atoms with E-state index in [2.05, 4.69) is 16.0 Å². The molecule has 3 amide bonds. The van der Waals surface area contributed by atoms with Gasteiger partial charge in [-0.25, -0.2) is 4.79 Å². The molecule has 0 radical (unpaired) electrons. The number of aliphatic hydroxyl groups excluding tert-OH is 1. The fourth-order valence-corrected chi connectivity index (χ4v) is 3.18. The Morgan fingerprint density at radius 2 is 1.50 bits per heavy atom. The lowest BCUT2D eigenvalue weighted by atomic mass is 9.96. The van der Waals surface area contributed by atoms with Crippen molar-refractivity contribution in [2.45, 2.75) is 63.7 Å². The molecule has 0 aliphatic carbocycles. The van der Waals surface area contributed by atoms with E-state index in [4.69, 9.17) is 15.9 Å². The fourth-order valence-electron chi connectivity index (χ4n) is 3.18. The average molecular weight is 511 g/mol. The van der Waals surface area contributed by atoms with Gasteiger partial charge in [0, 0.05) is 12.8 Å². The van der Waals surface area contributed by atoms with Gasteiger partial charge in [-0.3, -0.25) is 19.2 Å². The van der Waals surface area contributed by atoms with Gasteiger partial charge in [0.05, 0.1) is 6.61 Å². The van der Waals surface area contributed by atoms with Crippen LogP contribution in [0, 0.1) is 5.92 Å². The van der Waals surface area contributed by atoms with Crippen molar-refractivity contribution < 1.29 is 44.4 Å². The van der Waals surface area contributed by atoms with Gasteiger partial charge in [-0.2, -0.15) is 0 Å². The van der Waals surface area contributed by atoms with E-state index in [0.717, 1.165) is 0 Å². The van der Waals surface area contributed by atoms with Crippen LogP contribution in [0.1, 0.15) is 38.7 Å². The first kappa shape index (κ1) is 30.3. The van der Waals surface area contributed by atoms with E-state index in [1.54, 1.807) is 13.8 Å². The zero-order valence-corrected chi connectivity index (χ0v) is 20.1. The summed E-state index contributed by atoms with van der Waals surface area (Å²) >= 11 is 0. The Bertz CT molecular complexity index is 923. The third kappa shape index (κ3) is 9.88. The van der Waals surface area contributed by atoms with Crippen molar-refractivity contribution in [2.24, 2.45) is 11.7 Å². The number of hydrogen-bond donors (Lipinski definition) is 8. The molecule has 5 atom stereocenters. The lowest BCUT2D eigenvalue weighted by Gasteiger charge is -2.28. The van der Waals surface area contributed by atoms with E-state index in [0.29, 0.717) is 12.0 Å². The summed E-state index contributed by atoms with van der Waals surface area (Å²) in [6.45, 7) is 2.83. The number of rotatable bonds is 15. The Hall–Kier alpha value is -3.71. The van der Waals surface area contributed by atoms with E-state index in [1.165, 1.54) is 24.3 Å². The van der Waals surface area contributed by atoms with E-state index >= 15 is 0 Å². The summed E-state index contributed by atoms with van der Waals surface area (Å²) in [6, 6.07) is 0.576. The highest BCUT2D eigenvalue weighted by atomic mass is 16.4. The van der Waals surface area contributed by atoms with Crippen molar-refractivity contribution in [3.63, 3.8) is 0 Å². The zero-order chi connectivity index (χ0) is 27.4. The van der Waals surface area contributed by atoms with Gasteiger partial charge in [-0.05, 0) is 30.0 Å². The molecule has 0 bridgehead atoms. The highest BCUT2D eigenvalue weighted by Gasteiger charge is 2.32. The number of aliphatic carboxylic acids is 2. The molecule has 0 fully saturated rings. The Kier molecular flexibility index (Phi) is 12.3. The number of carbonyl (C=O) groups is 5. The van der Waals surface area contributed by atoms with Crippen molar-refractivity contribution in [3.8, 4) is 5.75 Å². The van der Waals surface area contributed by atoms with Gasteiger partial charge < -0.3 is 42.1 Å². The first-order valence-electron chi connectivity index (χ1n) is 11.4. The molecule has 1 aromatic carbocycles. The minimum Gasteiger partial charge on any atom is -0.508 e. The summed E-state index contributed by atoms with van der Waals surface area (Å²) in [5, 5.41) is 44.1. The van der Waals surface area contributed by atoms with Gasteiger partial charge in [0.1, 0.15) is 29.9 Å². The number of aromatic hydroxyl groups is 1. The summed E-state index contributed by atoms with van der Waals surface area (Å²) in [7, 11) is 0. The normalized spacial score (nSPS) is 15.0. The monoisotopic (exact) mass is 510 g/mol. The molecule has 5 unspecified atom stereocenters. The minimum atomic E-state index is -1.51. The number of phenolic OH excluding ortho intramolecular Hbond substituents is 1. The quantitative estimate of drug-likeness (QED) is 0.139. The lowest BCUT2D eigenvalue weighted by molar-refractivity contribution is -0.143. The summed E-state index contributed by atoms with van der Waals surface area (Å²) in [6.07, 6.45) is -0.501. The Morgan fingerprint density at radius 1 is 0.917 bits per heavy atom. The van der Waals surface area contributed by atoms with Crippen molar-refractivity contribution in [1.82, 2.24) is 16.0 Å². The minimum absolute atomic E-state index is 0.0248. The molecule has 13 heteroatoms. The summed E-state index contributed by atoms with van der Waals surface area (Å²) in [4.78, 5) is 60.7. The van der Waals surface area contributed by atoms with E-state index in [-0.39, 0.29) is 24.5 Å². The molecule has 0 saturated heterocycles. The highest BCUT2D eigenvalue weighted by Crippen LogP contribution is 2.13. The molecular formula is C23H34N4O9. The van der Waals surface area contributed by atoms with Crippen LogP contribution in [0.3, 0.4) is 0 Å². The first-order valence-corrected chi connectivity index (χ1v) is 11.4. The van der Waals surface area contributed by atoms with Crippen molar-refractivity contribution in [3.05, 3.63) is 29.8 Å². The number of hydrogen-bond acceptors (Lipinski definition) is 8. The molecule has 1 rings (SSSR count). The molecule has 0 aliphatic rings. The smallest absolute Gasteiger partial charge is 0.326 e. The van der Waals surface area contributed by atoms with E-state index < -0.39 is 66.9 Å². The van der Waals surface area contributed by atoms with Crippen LogP contribution in [0.15, 0.2) is 24.3 Å². The number of amides is 3. The zero-order valence-electron chi connectivity index (χ0n) is 20.1. The largest absolute Gasteiger partial charge is 0.508 e. The first-order chi connectivity index (χ1) is 16.9. The Labute approximate surface area is 208 Å². The molecule has 9 N–H and O–H groups in total. The van der Waals surface area contributed by atoms with Gasteiger partial charge in [0.25, 0.3) is 0 Å². The third-order valence-corrected chi connectivity index (χ3v) is 5.60.